The summed E-state index contributed by atoms with van der Waals surface area (Å²) in [5.41, 5.74) is 5.25. The minimum absolute atomic E-state index is 0.485. The lowest BCUT2D eigenvalue weighted by Gasteiger charge is -2.33. The van der Waals surface area contributed by atoms with Crippen molar-refractivity contribution in [1.82, 2.24) is 20.5 Å². The highest BCUT2D eigenvalue weighted by atomic mass is 15.2. The summed E-state index contributed by atoms with van der Waals surface area (Å²) < 4.78 is 0. The van der Waals surface area contributed by atoms with Crippen LogP contribution in [-0.2, 0) is 13.0 Å². The number of aliphatic imine (C=N–C) groups is 1. The molecule has 3 aromatic rings. The number of nitrogens with zero attached hydrogens (tertiary/aromatic N) is 2. The van der Waals surface area contributed by atoms with E-state index in [1.807, 2.05) is 7.05 Å². The van der Waals surface area contributed by atoms with Crippen LogP contribution in [0.1, 0.15) is 29.5 Å². The summed E-state index contributed by atoms with van der Waals surface area (Å²) in [6.45, 7) is 6.29. The average Bonchev–Trinajstić information content (AvgIpc) is 3.17. The molecule has 0 radical (unpaired) electrons. The van der Waals surface area contributed by atoms with Gasteiger partial charge in [-0.1, -0.05) is 42.5 Å². The van der Waals surface area contributed by atoms with Gasteiger partial charge in [-0.05, 0) is 48.9 Å². The fourth-order valence-corrected chi connectivity index (χ4v) is 4.29. The summed E-state index contributed by atoms with van der Waals surface area (Å²) in [5.74, 6) is 0.909. The Labute approximate surface area is 179 Å². The van der Waals surface area contributed by atoms with E-state index < -0.39 is 0 Å². The number of likely N-dealkylation sites (tertiary alicyclic amines) is 1. The Bertz CT molecular complexity index is 968. The number of aryl methyl sites for hydroxylation is 1. The lowest BCUT2D eigenvalue weighted by Crippen LogP contribution is -2.48. The van der Waals surface area contributed by atoms with Gasteiger partial charge in [0.15, 0.2) is 5.96 Å². The molecule has 5 heteroatoms. The summed E-state index contributed by atoms with van der Waals surface area (Å²) in [5, 5.41) is 8.43. The van der Waals surface area contributed by atoms with Gasteiger partial charge in [0.2, 0.25) is 0 Å². The number of rotatable bonds is 6. The molecular weight excluding hydrogens is 370 g/mol. The molecule has 0 atom stereocenters. The summed E-state index contributed by atoms with van der Waals surface area (Å²) in [6, 6.07) is 17.8. The lowest BCUT2D eigenvalue weighted by molar-refractivity contribution is 0.198. The highest BCUT2D eigenvalue weighted by Crippen LogP contribution is 2.19. The Morgan fingerprint density at radius 1 is 1.13 bits per heavy atom. The van der Waals surface area contributed by atoms with E-state index in [4.69, 9.17) is 0 Å². The van der Waals surface area contributed by atoms with Crippen molar-refractivity contribution in [1.29, 1.82) is 0 Å². The molecule has 0 saturated carbocycles. The molecule has 1 fully saturated rings. The van der Waals surface area contributed by atoms with Crippen LogP contribution in [0.3, 0.4) is 0 Å². The first-order valence-electron chi connectivity index (χ1n) is 11.0. The summed E-state index contributed by atoms with van der Waals surface area (Å²) in [4.78, 5) is 10.4. The third-order valence-electron chi connectivity index (χ3n) is 6.01. The molecule has 1 aliphatic rings. The first-order valence-corrected chi connectivity index (χ1v) is 11.0. The molecule has 2 aromatic carbocycles. The van der Waals surface area contributed by atoms with E-state index in [0.29, 0.717) is 6.04 Å². The number of aromatic nitrogens is 1. The number of guanidine groups is 1. The van der Waals surface area contributed by atoms with Crippen molar-refractivity contribution in [2.45, 2.75) is 38.8 Å². The zero-order chi connectivity index (χ0) is 20.8. The lowest BCUT2D eigenvalue weighted by atomic mass is 10.0. The molecule has 5 nitrogen and oxygen atoms in total. The molecule has 0 spiro atoms. The van der Waals surface area contributed by atoms with Gasteiger partial charge < -0.3 is 15.6 Å². The van der Waals surface area contributed by atoms with Crippen molar-refractivity contribution in [3.63, 3.8) is 0 Å². The quantitative estimate of drug-likeness (QED) is 0.433. The van der Waals surface area contributed by atoms with Crippen LogP contribution in [-0.4, -0.2) is 48.6 Å². The second-order valence-corrected chi connectivity index (χ2v) is 8.29. The van der Waals surface area contributed by atoms with Crippen molar-refractivity contribution in [3.05, 3.63) is 71.4 Å². The van der Waals surface area contributed by atoms with Gasteiger partial charge in [-0.2, -0.15) is 0 Å². The van der Waals surface area contributed by atoms with Crippen LogP contribution in [0.4, 0.5) is 0 Å². The SMILES string of the molecule is CN=C(NCCc1c[nH]c2cc(C)ccc12)NC1CCN(Cc2ccccc2)CC1. The fourth-order valence-electron chi connectivity index (χ4n) is 4.29. The molecule has 4 rings (SSSR count). The fraction of sp³-hybridized carbons (Fsp3) is 0.400. The predicted molar refractivity (Wildman–Crippen MR) is 126 cm³/mol. The van der Waals surface area contributed by atoms with Gasteiger partial charge in [0.25, 0.3) is 0 Å². The second-order valence-electron chi connectivity index (χ2n) is 8.29. The third kappa shape index (κ3) is 5.22. The Balaban J connectivity index is 1.21. The van der Waals surface area contributed by atoms with E-state index in [-0.39, 0.29) is 0 Å². The van der Waals surface area contributed by atoms with Crippen LogP contribution >= 0.6 is 0 Å². The first kappa shape index (κ1) is 20.5. The van der Waals surface area contributed by atoms with E-state index in [0.717, 1.165) is 51.4 Å². The van der Waals surface area contributed by atoms with Gasteiger partial charge >= 0.3 is 0 Å². The topological polar surface area (TPSA) is 55.5 Å². The molecular formula is C25H33N5. The van der Waals surface area contributed by atoms with Crippen LogP contribution in [0.2, 0.25) is 0 Å². The van der Waals surface area contributed by atoms with Crippen molar-refractivity contribution < 1.29 is 0 Å². The van der Waals surface area contributed by atoms with Gasteiger partial charge in [0.1, 0.15) is 0 Å². The van der Waals surface area contributed by atoms with Crippen molar-refractivity contribution in [2.75, 3.05) is 26.7 Å². The average molecular weight is 404 g/mol. The van der Waals surface area contributed by atoms with E-state index in [1.165, 1.54) is 27.6 Å². The Kier molecular flexibility index (Phi) is 6.70. The molecule has 0 amide bonds. The van der Waals surface area contributed by atoms with Gasteiger partial charge in [-0.25, -0.2) is 0 Å². The van der Waals surface area contributed by atoms with Crippen molar-refractivity contribution in [3.8, 4) is 0 Å². The molecule has 0 aliphatic carbocycles. The second kappa shape index (κ2) is 9.81. The van der Waals surface area contributed by atoms with Gasteiger partial charge in [-0.3, -0.25) is 9.89 Å². The van der Waals surface area contributed by atoms with Gasteiger partial charge in [0.05, 0.1) is 0 Å². The van der Waals surface area contributed by atoms with Gasteiger partial charge in [-0.15, -0.1) is 0 Å². The van der Waals surface area contributed by atoms with Gasteiger partial charge in [0, 0.05) is 56.4 Å². The summed E-state index contributed by atoms with van der Waals surface area (Å²) in [6.07, 6.45) is 5.40. The van der Waals surface area contributed by atoms with Crippen LogP contribution in [0.5, 0.6) is 0 Å². The Morgan fingerprint density at radius 3 is 2.70 bits per heavy atom. The van der Waals surface area contributed by atoms with Crippen molar-refractivity contribution >= 4 is 16.9 Å². The number of benzene rings is 2. The first-order chi connectivity index (χ1) is 14.7. The maximum Gasteiger partial charge on any atom is 0.191 e. The smallest absolute Gasteiger partial charge is 0.191 e. The van der Waals surface area contributed by atoms with E-state index in [1.54, 1.807) is 0 Å². The third-order valence-corrected chi connectivity index (χ3v) is 6.01. The van der Waals surface area contributed by atoms with E-state index in [9.17, 15) is 0 Å². The number of fused-ring (bicyclic) bond motifs is 1. The molecule has 1 saturated heterocycles. The normalized spacial score (nSPS) is 16.1. The van der Waals surface area contributed by atoms with E-state index >= 15 is 0 Å². The zero-order valence-corrected chi connectivity index (χ0v) is 18.1. The molecule has 0 unspecified atom stereocenters. The minimum atomic E-state index is 0.485. The van der Waals surface area contributed by atoms with Crippen LogP contribution in [0.25, 0.3) is 10.9 Å². The number of aromatic amines is 1. The molecule has 1 aliphatic heterocycles. The maximum absolute atomic E-state index is 4.43. The Morgan fingerprint density at radius 2 is 1.93 bits per heavy atom. The highest BCUT2D eigenvalue weighted by Gasteiger charge is 2.20. The molecule has 3 N–H and O–H groups in total. The minimum Gasteiger partial charge on any atom is -0.361 e. The predicted octanol–water partition coefficient (Wildman–Crippen LogP) is 3.85. The monoisotopic (exact) mass is 403 g/mol. The van der Waals surface area contributed by atoms with Crippen molar-refractivity contribution in [2.24, 2.45) is 4.99 Å². The maximum atomic E-state index is 4.43. The molecule has 1 aromatic heterocycles. The zero-order valence-electron chi connectivity index (χ0n) is 18.1. The molecule has 158 valence electrons. The molecule has 0 bridgehead atoms. The summed E-state index contributed by atoms with van der Waals surface area (Å²) in [7, 11) is 1.86. The highest BCUT2D eigenvalue weighted by molar-refractivity contribution is 5.84. The number of nitrogens with one attached hydrogen (secondary N) is 3. The molecule has 30 heavy (non-hydrogen) atoms. The number of hydrogen-bond donors (Lipinski definition) is 3. The number of piperidine rings is 1. The van der Waals surface area contributed by atoms with E-state index in [2.05, 4.69) is 87.2 Å². The number of hydrogen-bond acceptors (Lipinski definition) is 2. The van der Waals surface area contributed by atoms with Crippen LogP contribution in [0.15, 0.2) is 59.7 Å². The summed E-state index contributed by atoms with van der Waals surface area (Å²) >= 11 is 0. The number of H-pyrrole nitrogens is 1. The molecule has 2 heterocycles. The Hall–Kier alpha value is -2.79. The van der Waals surface area contributed by atoms with Crippen LogP contribution in [0, 0.1) is 6.92 Å². The van der Waals surface area contributed by atoms with Crippen LogP contribution < -0.4 is 10.6 Å². The largest absolute Gasteiger partial charge is 0.361 e. The standard InChI is InChI=1S/C25H33N5/c1-19-8-9-23-21(17-28-24(23)16-19)10-13-27-25(26-2)29-22-11-14-30(15-12-22)18-20-6-4-3-5-7-20/h3-9,16-17,22,28H,10-15,18H2,1-2H3,(H2,26,27,29).